The average Bonchev–Trinajstić information content (AvgIpc) is 3.44. The summed E-state index contributed by atoms with van der Waals surface area (Å²) in [4.78, 5) is 13.3. The number of sulfone groups is 1. The van der Waals surface area contributed by atoms with Crippen molar-refractivity contribution in [2.45, 2.75) is 81.8 Å². The van der Waals surface area contributed by atoms with E-state index in [1.807, 2.05) is 12.1 Å². The minimum atomic E-state index is -3.75. The summed E-state index contributed by atoms with van der Waals surface area (Å²) in [6.07, 6.45) is 0.781. The molecule has 228 valence electrons. The molecule has 0 saturated carbocycles. The van der Waals surface area contributed by atoms with Crippen molar-refractivity contribution >= 4 is 50.9 Å². The second-order valence-electron chi connectivity index (χ2n) is 13.1. The van der Waals surface area contributed by atoms with Gasteiger partial charge in [-0.05, 0) is 42.1 Å². The number of benzene rings is 2. The zero-order valence-electron chi connectivity index (χ0n) is 25.6. The van der Waals surface area contributed by atoms with Crippen LogP contribution in [-0.2, 0) is 29.2 Å². The smallest absolute Gasteiger partial charge is 0.261 e. The van der Waals surface area contributed by atoms with Crippen molar-refractivity contribution in [3.63, 3.8) is 0 Å². The van der Waals surface area contributed by atoms with Crippen LogP contribution in [0.25, 0.3) is 0 Å². The molecule has 2 aromatic carbocycles. The summed E-state index contributed by atoms with van der Waals surface area (Å²) in [6.45, 7) is 14.9. The summed E-state index contributed by atoms with van der Waals surface area (Å²) >= 11 is 1.25. The number of amides is 1. The standard InChI is InChI=1S/C31H43N3O5S2Si/c1-29(2,3)42(24-14-10-8-11-15-24,25-16-12-9-13-17-25)39-22-30(4,5)27-33-34-28(40-27)32-26(35)31(6,7)41(36,37)23-18-20-38-21-19-23/h8-17,23H,18-22H2,1-7H3,(H,32,34,35). The first kappa shape index (κ1) is 32.5. The number of hydrogen-bond acceptors (Lipinski definition) is 8. The van der Waals surface area contributed by atoms with Crippen LogP contribution in [0.1, 0.15) is 66.3 Å². The number of anilines is 1. The van der Waals surface area contributed by atoms with E-state index in [2.05, 4.69) is 98.7 Å². The Bertz CT molecular complexity index is 1420. The molecule has 1 N–H and O–H groups in total. The summed E-state index contributed by atoms with van der Waals surface area (Å²) in [7, 11) is -6.51. The van der Waals surface area contributed by atoms with Crippen molar-refractivity contribution in [1.29, 1.82) is 0 Å². The van der Waals surface area contributed by atoms with Crippen LogP contribution in [0, 0.1) is 0 Å². The number of rotatable bonds is 10. The van der Waals surface area contributed by atoms with Gasteiger partial charge in [0, 0.05) is 25.2 Å². The molecule has 0 unspecified atom stereocenters. The highest BCUT2D eigenvalue weighted by Gasteiger charge is 2.51. The lowest BCUT2D eigenvalue weighted by atomic mass is 9.96. The summed E-state index contributed by atoms with van der Waals surface area (Å²) in [5.74, 6) is -0.613. The molecule has 0 aliphatic carbocycles. The van der Waals surface area contributed by atoms with E-state index in [0.717, 1.165) is 0 Å². The molecule has 1 aliphatic rings. The molecule has 2 heterocycles. The van der Waals surface area contributed by atoms with E-state index >= 15 is 0 Å². The Labute approximate surface area is 255 Å². The van der Waals surface area contributed by atoms with Gasteiger partial charge in [0.25, 0.3) is 8.32 Å². The summed E-state index contributed by atoms with van der Waals surface area (Å²) < 4.78 is 37.5. The molecule has 0 bridgehead atoms. The number of nitrogens with zero attached hydrogens (tertiary/aromatic N) is 2. The monoisotopic (exact) mass is 629 g/mol. The highest BCUT2D eigenvalue weighted by Crippen LogP contribution is 2.39. The average molecular weight is 630 g/mol. The first-order chi connectivity index (χ1) is 19.6. The maximum Gasteiger partial charge on any atom is 0.261 e. The van der Waals surface area contributed by atoms with Crippen LogP contribution in [0.5, 0.6) is 0 Å². The van der Waals surface area contributed by atoms with Crippen LogP contribution in [0.4, 0.5) is 5.13 Å². The molecule has 1 amide bonds. The fourth-order valence-electron chi connectivity index (χ4n) is 5.44. The van der Waals surface area contributed by atoms with Gasteiger partial charge in [-0.2, -0.15) is 0 Å². The second-order valence-corrected chi connectivity index (χ2v) is 21.1. The number of hydrogen-bond donors (Lipinski definition) is 1. The summed E-state index contributed by atoms with van der Waals surface area (Å²) in [5, 5.41) is 13.9. The lowest BCUT2D eigenvalue weighted by Crippen LogP contribution is -2.67. The quantitative estimate of drug-likeness (QED) is 0.324. The van der Waals surface area contributed by atoms with Gasteiger partial charge < -0.3 is 9.16 Å². The van der Waals surface area contributed by atoms with Crippen LogP contribution in [0.15, 0.2) is 60.7 Å². The van der Waals surface area contributed by atoms with Gasteiger partial charge in [0.15, 0.2) is 9.84 Å². The molecule has 0 radical (unpaired) electrons. The van der Waals surface area contributed by atoms with E-state index in [1.165, 1.54) is 35.6 Å². The molecular weight excluding hydrogens is 587 g/mol. The summed E-state index contributed by atoms with van der Waals surface area (Å²) in [6, 6.07) is 20.9. The molecule has 0 spiro atoms. The molecule has 1 fully saturated rings. The van der Waals surface area contributed by atoms with Gasteiger partial charge in [0.1, 0.15) is 9.75 Å². The zero-order valence-corrected chi connectivity index (χ0v) is 28.3. The minimum absolute atomic E-state index is 0.173. The Balaban J connectivity index is 1.57. The maximum absolute atomic E-state index is 13.3. The molecule has 1 aromatic heterocycles. The van der Waals surface area contributed by atoms with Gasteiger partial charge >= 0.3 is 0 Å². The Hall–Kier alpha value is -2.44. The van der Waals surface area contributed by atoms with Gasteiger partial charge in [-0.15, -0.1) is 10.2 Å². The third kappa shape index (κ3) is 6.26. The number of aromatic nitrogens is 2. The molecular formula is C31H43N3O5S2Si. The highest BCUT2D eigenvalue weighted by molar-refractivity contribution is 7.94. The van der Waals surface area contributed by atoms with E-state index in [0.29, 0.717) is 37.7 Å². The molecule has 1 saturated heterocycles. The topological polar surface area (TPSA) is 107 Å². The maximum atomic E-state index is 13.3. The van der Waals surface area contributed by atoms with Crippen molar-refractivity contribution in [3.8, 4) is 0 Å². The summed E-state index contributed by atoms with van der Waals surface area (Å²) in [5.41, 5.74) is -0.530. The highest BCUT2D eigenvalue weighted by atomic mass is 32.2. The molecule has 1 aliphatic heterocycles. The fourth-order valence-corrected chi connectivity index (χ4v) is 13.0. The predicted molar refractivity (Wildman–Crippen MR) is 172 cm³/mol. The molecule has 3 aromatic rings. The second kappa shape index (κ2) is 12.3. The third-order valence-electron chi connectivity index (χ3n) is 8.16. The molecule has 8 nitrogen and oxygen atoms in total. The van der Waals surface area contributed by atoms with Crippen LogP contribution < -0.4 is 15.7 Å². The van der Waals surface area contributed by atoms with Crippen molar-refractivity contribution in [3.05, 3.63) is 65.7 Å². The Morgan fingerprint density at radius 2 is 1.45 bits per heavy atom. The normalized spacial score (nSPS) is 15.9. The Morgan fingerprint density at radius 3 is 1.95 bits per heavy atom. The molecule has 42 heavy (non-hydrogen) atoms. The third-order valence-corrected chi connectivity index (χ3v) is 17.3. The first-order valence-corrected chi connectivity index (χ1v) is 18.6. The largest absolute Gasteiger partial charge is 0.406 e. The SMILES string of the molecule is CC(C)(CO[Si](c1ccccc1)(c1ccccc1)C(C)(C)C)c1nnc(NC(=O)C(C)(C)S(=O)(=O)C2CCOCC2)s1. The number of nitrogens with one attached hydrogen (secondary N) is 1. The van der Waals surface area contributed by atoms with Crippen LogP contribution >= 0.6 is 11.3 Å². The Morgan fingerprint density at radius 1 is 0.929 bits per heavy atom. The first-order valence-electron chi connectivity index (χ1n) is 14.3. The van der Waals surface area contributed by atoms with Crippen LogP contribution in [0.2, 0.25) is 5.04 Å². The lowest BCUT2D eigenvalue weighted by molar-refractivity contribution is -0.117. The van der Waals surface area contributed by atoms with Gasteiger partial charge in [-0.1, -0.05) is 107 Å². The van der Waals surface area contributed by atoms with Crippen molar-refractivity contribution in [2.75, 3.05) is 25.1 Å². The van der Waals surface area contributed by atoms with E-state index in [-0.39, 0.29) is 10.2 Å². The van der Waals surface area contributed by atoms with E-state index in [9.17, 15) is 13.2 Å². The van der Waals surface area contributed by atoms with E-state index in [4.69, 9.17) is 9.16 Å². The van der Waals surface area contributed by atoms with Crippen LogP contribution in [-0.4, -0.2) is 62.7 Å². The molecule has 4 rings (SSSR count). The Kier molecular flexibility index (Phi) is 9.49. The van der Waals surface area contributed by atoms with Crippen LogP contribution in [0.3, 0.4) is 0 Å². The van der Waals surface area contributed by atoms with Crippen molar-refractivity contribution < 1.29 is 22.4 Å². The molecule has 0 atom stereocenters. The number of ether oxygens (including phenoxy) is 1. The van der Waals surface area contributed by atoms with Gasteiger partial charge in [-0.3, -0.25) is 10.1 Å². The predicted octanol–water partition coefficient (Wildman–Crippen LogP) is 4.70. The zero-order chi connectivity index (χ0) is 30.8. The van der Waals surface area contributed by atoms with E-state index in [1.54, 1.807) is 0 Å². The van der Waals surface area contributed by atoms with Gasteiger partial charge in [0.2, 0.25) is 11.0 Å². The van der Waals surface area contributed by atoms with Gasteiger partial charge in [0.05, 0.1) is 5.25 Å². The van der Waals surface area contributed by atoms with Gasteiger partial charge in [-0.25, -0.2) is 8.42 Å². The van der Waals surface area contributed by atoms with Crippen molar-refractivity contribution in [2.24, 2.45) is 0 Å². The number of carbonyl (C=O) groups excluding carboxylic acids is 1. The fraction of sp³-hybridized carbons (Fsp3) is 0.516. The van der Waals surface area contributed by atoms with Crippen molar-refractivity contribution in [1.82, 2.24) is 10.2 Å². The lowest BCUT2D eigenvalue weighted by Gasteiger charge is -2.44. The number of carbonyl (C=O) groups is 1. The minimum Gasteiger partial charge on any atom is -0.406 e. The van der Waals surface area contributed by atoms with E-state index < -0.39 is 39.5 Å². The molecule has 11 heteroatoms.